The zero-order chi connectivity index (χ0) is 19.6. The van der Waals surface area contributed by atoms with Crippen molar-refractivity contribution in [3.63, 3.8) is 0 Å². The highest BCUT2D eigenvalue weighted by Gasteiger charge is 2.51. The highest BCUT2D eigenvalue weighted by molar-refractivity contribution is 7.80. The van der Waals surface area contributed by atoms with Gasteiger partial charge in [0.15, 0.2) is 9.04 Å². The van der Waals surface area contributed by atoms with E-state index in [1.807, 2.05) is 19.1 Å². The second-order valence-electron chi connectivity index (χ2n) is 8.79. The van der Waals surface area contributed by atoms with Crippen LogP contribution in [0.1, 0.15) is 39.0 Å². The topological polar surface area (TPSA) is 51.2 Å². The molecule has 1 saturated heterocycles. The zero-order valence-corrected chi connectivity index (χ0v) is 19.0. The number of amides is 1. The number of carbonyl (C=O) groups is 1. The second kappa shape index (κ2) is 8.27. The molecule has 1 aliphatic heterocycles. The number of hydrogen-bond donors (Lipinski definition) is 1. The number of thiocarbonyl (C=S) groups is 1. The molecule has 1 aromatic heterocycles. The summed E-state index contributed by atoms with van der Waals surface area (Å²) in [7, 11) is -1.13. The molecule has 0 radical (unpaired) electrons. The first kappa shape index (κ1) is 21.2. The van der Waals surface area contributed by atoms with E-state index in [4.69, 9.17) is 16.6 Å². The molecule has 2 rings (SSSR count). The van der Waals surface area contributed by atoms with Crippen molar-refractivity contribution >= 4 is 32.0 Å². The van der Waals surface area contributed by atoms with E-state index in [2.05, 4.69) is 51.1 Å². The van der Waals surface area contributed by atoms with Gasteiger partial charge in [-0.05, 0) is 49.0 Å². The number of rotatable bonds is 7. The summed E-state index contributed by atoms with van der Waals surface area (Å²) >= 11 is 5.72. The molecule has 26 heavy (non-hydrogen) atoms. The molecule has 0 bridgehead atoms. The summed E-state index contributed by atoms with van der Waals surface area (Å²) in [6.45, 7) is 15.7. The van der Waals surface area contributed by atoms with Gasteiger partial charge in [0, 0.05) is 29.6 Å². The first-order valence-corrected chi connectivity index (χ1v) is 12.6. The summed E-state index contributed by atoms with van der Waals surface area (Å²) in [6, 6.07) is 4.02. The third-order valence-corrected chi connectivity index (χ3v) is 6.71. The molecule has 0 aromatic carbocycles. The van der Waals surface area contributed by atoms with Crippen LogP contribution in [0.5, 0.6) is 0 Å². The van der Waals surface area contributed by atoms with Gasteiger partial charge in [-0.1, -0.05) is 39.9 Å². The molecule has 4 nitrogen and oxygen atoms in total. The summed E-state index contributed by atoms with van der Waals surface area (Å²) in [5, 5.41) is 3.10. The van der Waals surface area contributed by atoms with Gasteiger partial charge in [0.1, 0.15) is 0 Å². The fourth-order valence-corrected chi connectivity index (χ4v) is 4.39. The lowest BCUT2D eigenvalue weighted by atomic mass is 9.65. The fraction of sp³-hybridized carbons (Fsp3) is 0.650. The Bertz CT molecular complexity index is 672. The van der Waals surface area contributed by atoms with Crippen molar-refractivity contribution in [1.29, 1.82) is 0 Å². The smallest absolute Gasteiger partial charge is 0.225 e. The molecule has 1 fully saturated rings. The van der Waals surface area contributed by atoms with Gasteiger partial charge in [-0.25, -0.2) is 0 Å². The van der Waals surface area contributed by atoms with Crippen molar-refractivity contribution in [3.8, 4) is 0 Å². The van der Waals surface area contributed by atoms with Gasteiger partial charge in [-0.3, -0.25) is 9.78 Å². The maximum atomic E-state index is 12.5. The number of β-lactam (4-membered cyclic amide) rings is 1. The van der Waals surface area contributed by atoms with Gasteiger partial charge in [0.25, 0.3) is 0 Å². The zero-order valence-electron chi connectivity index (χ0n) is 17.0. The Kier molecular flexibility index (Phi) is 6.74. The van der Waals surface area contributed by atoms with Gasteiger partial charge in [-0.15, -0.1) is 0 Å². The molecule has 4 atom stereocenters. The minimum atomic E-state index is -1.13. The van der Waals surface area contributed by atoms with Crippen molar-refractivity contribution in [2.45, 2.75) is 53.8 Å². The Morgan fingerprint density at radius 3 is 2.58 bits per heavy atom. The molecule has 0 aliphatic carbocycles. The molecule has 1 N–H and O–H groups in total. The quantitative estimate of drug-likeness (QED) is 0.334. The van der Waals surface area contributed by atoms with Gasteiger partial charge in [-0.2, -0.15) is 0 Å². The van der Waals surface area contributed by atoms with E-state index >= 15 is 0 Å². The number of hydrogen-bond acceptors (Lipinski definition) is 4. The summed E-state index contributed by atoms with van der Waals surface area (Å²) in [5.41, 5.74) is 1.97. The predicted octanol–water partition coefficient (Wildman–Crippen LogP) is 3.52. The molecule has 1 aromatic rings. The lowest BCUT2D eigenvalue weighted by molar-refractivity contribution is -0.143. The Balaban J connectivity index is 2.20. The van der Waals surface area contributed by atoms with Crippen LogP contribution in [0.25, 0.3) is 0 Å². The van der Waals surface area contributed by atoms with E-state index < -0.39 is 9.04 Å². The third kappa shape index (κ3) is 4.78. The normalized spacial score (nSPS) is 22.5. The second-order valence-corrected chi connectivity index (χ2v) is 11.7. The Hall–Kier alpha value is -1.11. The molecule has 0 saturated carbocycles. The molecule has 0 spiro atoms. The van der Waals surface area contributed by atoms with Crippen LogP contribution in [-0.2, 0) is 9.22 Å². The highest BCUT2D eigenvalue weighted by atomic mass is 32.1. The van der Waals surface area contributed by atoms with Crippen LogP contribution in [0, 0.1) is 30.1 Å². The van der Waals surface area contributed by atoms with Gasteiger partial charge in [0.2, 0.25) is 5.91 Å². The summed E-state index contributed by atoms with van der Waals surface area (Å²) in [4.78, 5) is 17.7. The minimum Gasteiger partial charge on any atom is -0.420 e. The Morgan fingerprint density at radius 2 is 2.08 bits per heavy atom. The SMILES string of the molecule is Cc1ccnc(C(=S)[C@H](C)[C@H]2NC(=O)[C@H]2[C@@H](CO[SiH](C)C)C(C)(C)C)c1. The number of carbonyl (C=O) groups excluding carboxylic acids is 1. The van der Waals surface area contributed by atoms with Crippen molar-refractivity contribution in [3.05, 3.63) is 29.6 Å². The van der Waals surface area contributed by atoms with Gasteiger partial charge < -0.3 is 9.74 Å². The Morgan fingerprint density at radius 1 is 1.42 bits per heavy atom. The summed E-state index contributed by atoms with van der Waals surface area (Å²) in [5.74, 6) is 0.284. The van der Waals surface area contributed by atoms with Crippen molar-refractivity contribution in [2.24, 2.45) is 23.2 Å². The average Bonchev–Trinajstić information content (AvgIpc) is 2.53. The first-order valence-electron chi connectivity index (χ1n) is 9.41. The standard InChI is InChI=1S/C20H32N2O2SSi/c1-12-8-9-21-15(10-12)18(25)13(2)17-16(19(23)22-17)14(20(3,4)5)11-24-26(6)7/h8-10,13-14,16-17,26H,11H2,1-7H3,(H,22,23)/t13-,14-,16+,17-/m1/s1. The van der Waals surface area contributed by atoms with E-state index in [-0.39, 0.29) is 35.1 Å². The van der Waals surface area contributed by atoms with Crippen LogP contribution in [0.4, 0.5) is 0 Å². The third-order valence-electron chi connectivity index (χ3n) is 5.27. The molecular formula is C20H32N2O2SSi. The number of nitrogens with zero attached hydrogens (tertiary/aromatic N) is 1. The minimum absolute atomic E-state index is 0.00705. The number of pyridine rings is 1. The predicted molar refractivity (Wildman–Crippen MR) is 113 cm³/mol. The number of aromatic nitrogens is 1. The monoisotopic (exact) mass is 392 g/mol. The van der Waals surface area contributed by atoms with Crippen LogP contribution in [0.3, 0.4) is 0 Å². The molecule has 1 aliphatic rings. The van der Waals surface area contributed by atoms with Gasteiger partial charge in [0.05, 0.1) is 11.6 Å². The lowest BCUT2D eigenvalue weighted by Gasteiger charge is -2.48. The summed E-state index contributed by atoms with van der Waals surface area (Å²) < 4.78 is 6.04. The van der Waals surface area contributed by atoms with E-state index in [9.17, 15) is 4.79 Å². The maximum Gasteiger partial charge on any atom is 0.225 e. The van der Waals surface area contributed by atoms with Gasteiger partial charge >= 0.3 is 0 Å². The lowest BCUT2D eigenvalue weighted by Crippen LogP contribution is -2.66. The van der Waals surface area contributed by atoms with Crippen LogP contribution in [0.15, 0.2) is 18.3 Å². The molecular weight excluding hydrogens is 360 g/mol. The molecule has 2 heterocycles. The molecule has 144 valence electrons. The fourth-order valence-electron chi connectivity index (χ4n) is 3.54. The summed E-state index contributed by atoms with van der Waals surface area (Å²) in [6.07, 6.45) is 1.79. The molecule has 6 heteroatoms. The average molecular weight is 393 g/mol. The van der Waals surface area contributed by atoms with Crippen molar-refractivity contribution in [1.82, 2.24) is 10.3 Å². The van der Waals surface area contributed by atoms with Crippen LogP contribution in [-0.4, -0.2) is 37.4 Å². The Labute approximate surface area is 164 Å². The van der Waals surface area contributed by atoms with Crippen LogP contribution < -0.4 is 5.32 Å². The largest absolute Gasteiger partial charge is 0.420 e. The maximum absolute atomic E-state index is 12.5. The van der Waals surface area contributed by atoms with Crippen LogP contribution in [0.2, 0.25) is 13.1 Å². The van der Waals surface area contributed by atoms with Crippen LogP contribution >= 0.6 is 12.2 Å². The van der Waals surface area contributed by atoms with E-state index in [0.717, 1.165) is 16.1 Å². The molecule has 0 unspecified atom stereocenters. The highest BCUT2D eigenvalue weighted by Crippen LogP contribution is 2.40. The van der Waals surface area contributed by atoms with E-state index in [1.54, 1.807) is 6.20 Å². The van der Waals surface area contributed by atoms with Crippen molar-refractivity contribution in [2.75, 3.05) is 6.61 Å². The van der Waals surface area contributed by atoms with E-state index in [0.29, 0.717) is 6.61 Å². The van der Waals surface area contributed by atoms with Crippen molar-refractivity contribution < 1.29 is 9.22 Å². The molecule has 1 amide bonds. The number of aryl methyl sites for hydroxylation is 1. The van der Waals surface area contributed by atoms with E-state index in [1.165, 1.54) is 0 Å². The number of nitrogens with one attached hydrogen (secondary N) is 1. The first-order chi connectivity index (χ1) is 12.0.